The second-order valence-electron chi connectivity index (χ2n) is 2.82. The van der Waals surface area contributed by atoms with E-state index in [4.69, 9.17) is 8.83 Å². The molecule has 0 saturated carbocycles. The molecule has 2 aromatic heterocycles. The van der Waals surface area contributed by atoms with E-state index in [0.717, 1.165) is 0 Å². The van der Waals surface area contributed by atoms with Gasteiger partial charge < -0.3 is 8.83 Å². The van der Waals surface area contributed by atoms with Crippen molar-refractivity contribution in [2.24, 2.45) is 0 Å². The molecule has 0 spiro atoms. The summed E-state index contributed by atoms with van der Waals surface area (Å²) in [6.45, 7) is 1.74. The summed E-state index contributed by atoms with van der Waals surface area (Å²) in [4.78, 5) is 11.8. The zero-order valence-electron chi connectivity index (χ0n) is 7.41. The fourth-order valence-electron chi connectivity index (χ4n) is 1.19. The number of hydrogen-bond acceptors (Lipinski definition) is 3. The molecule has 0 radical (unpaired) electrons. The highest BCUT2D eigenvalue weighted by atomic mass is 79.9. The van der Waals surface area contributed by atoms with E-state index in [-0.39, 0.29) is 5.78 Å². The van der Waals surface area contributed by atoms with Crippen LogP contribution in [0.2, 0.25) is 0 Å². The summed E-state index contributed by atoms with van der Waals surface area (Å²) in [5.41, 5.74) is 0.534. The van der Waals surface area contributed by atoms with Crippen molar-refractivity contribution in [3.05, 3.63) is 46.2 Å². The van der Waals surface area contributed by atoms with Gasteiger partial charge in [-0.2, -0.15) is 0 Å². The molecule has 0 atom stereocenters. The molecule has 0 aliphatic carbocycles. The molecule has 2 heterocycles. The summed E-state index contributed by atoms with van der Waals surface area (Å²) in [6.07, 6.45) is 1.49. The predicted octanol–water partition coefficient (Wildman–Crippen LogP) is 3.17. The van der Waals surface area contributed by atoms with Gasteiger partial charge in [-0.05, 0) is 41.1 Å². The summed E-state index contributed by atoms with van der Waals surface area (Å²) < 4.78 is 10.7. The van der Waals surface area contributed by atoms with E-state index in [1.165, 1.54) is 6.26 Å². The maximum Gasteiger partial charge on any atom is 0.231 e. The van der Waals surface area contributed by atoms with Crippen LogP contribution in [0.3, 0.4) is 0 Å². The molecule has 0 aliphatic heterocycles. The molecule has 4 heteroatoms. The molecule has 0 fully saturated rings. The smallest absolute Gasteiger partial charge is 0.231 e. The van der Waals surface area contributed by atoms with Crippen LogP contribution in [-0.2, 0) is 0 Å². The fourth-order valence-corrected chi connectivity index (χ4v) is 1.50. The van der Waals surface area contributed by atoms with E-state index < -0.39 is 0 Å². The predicted molar refractivity (Wildman–Crippen MR) is 53.3 cm³/mol. The minimum absolute atomic E-state index is 0.165. The average molecular weight is 255 g/mol. The van der Waals surface area contributed by atoms with E-state index in [1.807, 2.05) is 0 Å². The van der Waals surface area contributed by atoms with Crippen LogP contribution < -0.4 is 0 Å². The zero-order chi connectivity index (χ0) is 10.1. The molecule has 0 bridgehead atoms. The highest BCUT2D eigenvalue weighted by molar-refractivity contribution is 9.10. The molecule has 0 aliphatic rings. The SMILES string of the molecule is Cc1occc1C(=O)c1ccc(Br)o1. The van der Waals surface area contributed by atoms with Gasteiger partial charge in [0.25, 0.3) is 0 Å². The van der Waals surface area contributed by atoms with Gasteiger partial charge in [-0.1, -0.05) is 0 Å². The second-order valence-corrected chi connectivity index (χ2v) is 3.60. The highest BCUT2D eigenvalue weighted by Gasteiger charge is 2.16. The third-order valence-electron chi connectivity index (χ3n) is 1.90. The quantitative estimate of drug-likeness (QED) is 0.774. The number of carbonyl (C=O) groups is 1. The van der Waals surface area contributed by atoms with E-state index >= 15 is 0 Å². The number of halogens is 1. The molecule has 0 N–H and O–H groups in total. The Hall–Kier alpha value is -1.29. The summed E-state index contributed by atoms with van der Waals surface area (Å²) in [7, 11) is 0. The summed E-state index contributed by atoms with van der Waals surface area (Å²) in [6, 6.07) is 4.94. The second kappa shape index (κ2) is 3.46. The van der Waals surface area contributed by atoms with Crippen molar-refractivity contribution in [2.75, 3.05) is 0 Å². The van der Waals surface area contributed by atoms with Crippen LogP contribution in [0.1, 0.15) is 21.9 Å². The third-order valence-corrected chi connectivity index (χ3v) is 2.33. The topological polar surface area (TPSA) is 43.4 Å². The van der Waals surface area contributed by atoms with Gasteiger partial charge in [0.15, 0.2) is 10.4 Å². The first-order valence-electron chi connectivity index (χ1n) is 4.02. The third kappa shape index (κ3) is 1.53. The first-order chi connectivity index (χ1) is 6.68. The van der Waals surface area contributed by atoms with Gasteiger partial charge in [0.1, 0.15) is 5.76 Å². The Morgan fingerprint density at radius 2 is 2.14 bits per heavy atom. The van der Waals surface area contributed by atoms with Crippen LogP contribution in [0, 0.1) is 6.92 Å². The van der Waals surface area contributed by atoms with Gasteiger partial charge in [-0.25, -0.2) is 0 Å². The van der Waals surface area contributed by atoms with Crippen LogP contribution in [0.15, 0.2) is 38.0 Å². The van der Waals surface area contributed by atoms with Crippen LogP contribution in [-0.4, -0.2) is 5.78 Å². The summed E-state index contributed by atoms with van der Waals surface area (Å²) in [5.74, 6) is 0.742. The van der Waals surface area contributed by atoms with Gasteiger partial charge in [0, 0.05) is 0 Å². The average Bonchev–Trinajstić information content (AvgIpc) is 2.73. The van der Waals surface area contributed by atoms with Gasteiger partial charge in [-0.3, -0.25) is 4.79 Å². The van der Waals surface area contributed by atoms with E-state index in [0.29, 0.717) is 21.8 Å². The van der Waals surface area contributed by atoms with Crippen molar-refractivity contribution >= 4 is 21.7 Å². The number of furan rings is 2. The van der Waals surface area contributed by atoms with E-state index in [1.54, 1.807) is 25.1 Å². The minimum Gasteiger partial charge on any atom is -0.469 e. The monoisotopic (exact) mass is 254 g/mol. The normalized spacial score (nSPS) is 10.4. The number of rotatable bonds is 2. The Kier molecular flexibility index (Phi) is 2.29. The Morgan fingerprint density at radius 3 is 2.64 bits per heavy atom. The highest BCUT2D eigenvalue weighted by Crippen LogP contribution is 2.19. The minimum atomic E-state index is -0.165. The van der Waals surface area contributed by atoms with Crippen molar-refractivity contribution in [1.29, 1.82) is 0 Å². The van der Waals surface area contributed by atoms with Gasteiger partial charge in [0.05, 0.1) is 11.8 Å². The number of hydrogen-bond donors (Lipinski definition) is 0. The van der Waals surface area contributed by atoms with Gasteiger partial charge in [-0.15, -0.1) is 0 Å². The zero-order valence-corrected chi connectivity index (χ0v) is 9.00. The Balaban J connectivity index is 2.38. The first-order valence-corrected chi connectivity index (χ1v) is 4.82. The van der Waals surface area contributed by atoms with Crippen LogP contribution in [0.5, 0.6) is 0 Å². The molecule has 0 unspecified atom stereocenters. The Bertz CT molecular complexity index is 467. The molecule has 3 nitrogen and oxygen atoms in total. The van der Waals surface area contributed by atoms with Gasteiger partial charge in [0.2, 0.25) is 5.78 Å². The lowest BCUT2D eigenvalue weighted by atomic mass is 10.1. The molecule has 2 rings (SSSR count). The fraction of sp³-hybridized carbons (Fsp3) is 0.100. The lowest BCUT2D eigenvalue weighted by Crippen LogP contribution is -1.99. The number of carbonyl (C=O) groups excluding carboxylic acids is 1. The standard InChI is InChI=1S/C10H7BrO3/c1-6-7(4-5-13-6)10(12)8-2-3-9(11)14-8/h2-5H,1H3. The Morgan fingerprint density at radius 1 is 1.36 bits per heavy atom. The molecule has 14 heavy (non-hydrogen) atoms. The lowest BCUT2D eigenvalue weighted by molar-refractivity contribution is 0.101. The van der Waals surface area contributed by atoms with Gasteiger partial charge >= 0.3 is 0 Å². The van der Waals surface area contributed by atoms with Crippen molar-refractivity contribution in [3.63, 3.8) is 0 Å². The number of ketones is 1. The lowest BCUT2D eigenvalue weighted by Gasteiger charge is -1.93. The Labute approximate surface area is 88.8 Å². The molecule has 72 valence electrons. The van der Waals surface area contributed by atoms with Crippen LogP contribution in [0.4, 0.5) is 0 Å². The molecule has 0 saturated heterocycles. The van der Waals surface area contributed by atoms with Crippen LogP contribution in [0.25, 0.3) is 0 Å². The maximum atomic E-state index is 11.8. The molecular formula is C10H7BrO3. The van der Waals surface area contributed by atoms with E-state index in [9.17, 15) is 4.79 Å². The van der Waals surface area contributed by atoms with E-state index in [2.05, 4.69) is 15.9 Å². The van der Waals surface area contributed by atoms with Crippen molar-refractivity contribution in [2.45, 2.75) is 6.92 Å². The van der Waals surface area contributed by atoms with Crippen molar-refractivity contribution < 1.29 is 13.6 Å². The van der Waals surface area contributed by atoms with Crippen LogP contribution >= 0.6 is 15.9 Å². The molecule has 0 aromatic carbocycles. The van der Waals surface area contributed by atoms with Crippen molar-refractivity contribution in [3.8, 4) is 0 Å². The molecule has 0 amide bonds. The molecule has 2 aromatic rings. The largest absolute Gasteiger partial charge is 0.469 e. The summed E-state index contributed by atoms with van der Waals surface area (Å²) >= 11 is 3.14. The first kappa shape index (κ1) is 9.27. The summed E-state index contributed by atoms with van der Waals surface area (Å²) in [5, 5.41) is 0. The van der Waals surface area contributed by atoms with Crippen molar-refractivity contribution in [1.82, 2.24) is 0 Å². The molecular weight excluding hydrogens is 248 g/mol. The number of aryl methyl sites for hydroxylation is 1. The maximum absolute atomic E-state index is 11.8.